The molecule has 0 aromatic rings. The minimum Gasteiger partial charge on any atom is -0.400 e. The van der Waals surface area contributed by atoms with Crippen molar-refractivity contribution in [1.29, 1.82) is 0 Å². The van der Waals surface area contributed by atoms with Crippen molar-refractivity contribution < 1.29 is 40.9 Å². The maximum atomic E-state index is 8.17. The maximum Gasteiger partial charge on any atom is 0.100 e. The largest absolute Gasteiger partial charge is 0.400 e. The lowest BCUT2D eigenvalue weighted by atomic mass is 10.4. The van der Waals surface area contributed by atoms with Gasteiger partial charge in [-0.25, -0.2) is 0 Å². The van der Waals surface area contributed by atoms with Crippen LogP contribution in [0.5, 0.6) is 0 Å². The Morgan fingerprint density at radius 1 is 0.562 bits per heavy atom. The van der Waals surface area contributed by atoms with E-state index in [0.29, 0.717) is 0 Å². The van der Waals surface area contributed by atoms with E-state index in [1.807, 2.05) is 0 Å². The molecule has 16 heavy (non-hydrogen) atoms. The highest BCUT2D eigenvalue weighted by Gasteiger charge is 1.93. The van der Waals surface area contributed by atoms with Crippen molar-refractivity contribution in [3.8, 4) is 0 Å². The number of hydrogen-bond acceptors (Lipinski definition) is 8. The molecule has 0 saturated carbocycles. The van der Waals surface area contributed by atoms with Crippen LogP contribution in [-0.4, -0.2) is 95.7 Å². The molecular weight excluding hydrogens is 224 g/mol. The van der Waals surface area contributed by atoms with Crippen molar-refractivity contribution in [2.75, 3.05) is 48.8 Å². The lowest BCUT2D eigenvalue weighted by Gasteiger charge is -1.96. The van der Waals surface area contributed by atoms with Gasteiger partial charge in [0, 0.05) is 35.5 Å². The van der Waals surface area contributed by atoms with E-state index in [0.717, 1.165) is 35.5 Å². The van der Waals surface area contributed by atoms with Gasteiger partial charge in [0.15, 0.2) is 0 Å². The summed E-state index contributed by atoms with van der Waals surface area (Å²) in [6.07, 6.45) is -0.954. The van der Waals surface area contributed by atoms with Gasteiger partial charge in [0.2, 0.25) is 0 Å². The third-order valence-corrected chi connectivity index (χ3v) is 0.421. The molecule has 8 heteroatoms. The SMILES string of the molecule is CO.CO.CO.CO.CO.OCC(O)CO. The molecule has 0 aromatic carbocycles. The first kappa shape index (κ1) is 36.1. The van der Waals surface area contributed by atoms with Gasteiger partial charge in [-0.1, -0.05) is 0 Å². The van der Waals surface area contributed by atoms with Crippen LogP contribution in [-0.2, 0) is 0 Å². The summed E-state index contributed by atoms with van der Waals surface area (Å²) in [5.74, 6) is 0. The first-order chi connectivity index (χ1) is 7.81. The molecule has 0 aliphatic carbocycles. The summed E-state index contributed by atoms with van der Waals surface area (Å²) in [7, 11) is 5.00. The Labute approximate surface area is 96.7 Å². The molecule has 0 rings (SSSR count). The van der Waals surface area contributed by atoms with E-state index < -0.39 is 6.10 Å². The molecule has 8 N–H and O–H groups in total. The fraction of sp³-hybridized carbons (Fsp3) is 1.00. The Morgan fingerprint density at radius 3 is 0.688 bits per heavy atom. The van der Waals surface area contributed by atoms with Gasteiger partial charge in [-0.2, -0.15) is 0 Å². The van der Waals surface area contributed by atoms with Crippen LogP contribution in [0.2, 0.25) is 0 Å². The molecule has 8 nitrogen and oxygen atoms in total. The van der Waals surface area contributed by atoms with Crippen LogP contribution in [0.25, 0.3) is 0 Å². The van der Waals surface area contributed by atoms with Crippen LogP contribution in [0.1, 0.15) is 0 Å². The summed E-state index contributed by atoms with van der Waals surface area (Å²) < 4.78 is 0. The fourth-order valence-electron chi connectivity index (χ4n) is 0.0577. The van der Waals surface area contributed by atoms with Gasteiger partial charge in [-0.05, 0) is 0 Å². The lowest BCUT2D eigenvalue weighted by molar-refractivity contribution is 0.0450. The quantitative estimate of drug-likeness (QED) is 0.250. The second-order valence-corrected chi connectivity index (χ2v) is 1.02. The monoisotopic (exact) mass is 252 g/mol. The van der Waals surface area contributed by atoms with Crippen LogP contribution in [0.15, 0.2) is 0 Å². The van der Waals surface area contributed by atoms with Crippen molar-refractivity contribution in [1.82, 2.24) is 0 Å². The van der Waals surface area contributed by atoms with Crippen molar-refractivity contribution in [3.05, 3.63) is 0 Å². The molecule has 0 saturated heterocycles. The molecule has 0 aliphatic heterocycles. The van der Waals surface area contributed by atoms with Crippen molar-refractivity contribution in [2.24, 2.45) is 0 Å². The number of aliphatic hydroxyl groups is 8. The van der Waals surface area contributed by atoms with Gasteiger partial charge < -0.3 is 40.9 Å². The van der Waals surface area contributed by atoms with Crippen LogP contribution in [0.4, 0.5) is 0 Å². The van der Waals surface area contributed by atoms with Gasteiger partial charge in [0.25, 0.3) is 0 Å². The van der Waals surface area contributed by atoms with Gasteiger partial charge in [-0.3, -0.25) is 0 Å². The van der Waals surface area contributed by atoms with Crippen molar-refractivity contribution >= 4 is 0 Å². The van der Waals surface area contributed by atoms with Crippen LogP contribution < -0.4 is 0 Å². The smallest absolute Gasteiger partial charge is 0.100 e. The van der Waals surface area contributed by atoms with Gasteiger partial charge in [0.1, 0.15) is 6.10 Å². The highest BCUT2D eigenvalue weighted by molar-refractivity contribution is 4.43. The zero-order valence-corrected chi connectivity index (χ0v) is 10.6. The molecule has 108 valence electrons. The van der Waals surface area contributed by atoms with Gasteiger partial charge >= 0.3 is 0 Å². The fourth-order valence-corrected chi connectivity index (χ4v) is 0.0577. The van der Waals surface area contributed by atoms with E-state index in [1.165, 1.54) is 0 Å². The Hall–Kier alpha value is -0.320. The van der Waals surface area contributed by atoms with Crippen LogP contribution >= 0.6 is 0 Å². The highest BCUT2D eigenvalue weighted by atomic mass is 16.3. The third-order valence-electron chi connectivity index (χ3n) is 0.421. The first-order valence-electron chi connectivity index (χ1n) is 3.94. The van der Waals surface area contributed by atoms with E-state index in [4.69, 9.17) is 40.9 Å². The standard InChI is InChI=1S/C3H8O3.5CH4O/c4-1-3(6)2-5;5*1-2/h3-6H,1-2H2;5*2H,1H3. The molecule has 0 amide bonds. The Morgan fingerprint density at radius 2 is 0.688 bits per heavy atom. The third kappa shape index (κ3) is 162. The van der Waals surface area contributed by atoms with E-state index in [9.17, 15) is 0 Å². The minimum absolute atomic E-state index is 0.365. The van der Waals surface area contributed by atoms with Gasteiger partial charge in [0.05, 0.1) is 13.2 Å². The van der Waals surface area contributed by atoms with E-state index >= 15 is 0 Å². The predicted octanol–water partition coefficient (Wildman–Crippen LogP) is -3.63. The predicted molar refractivity (Wildman–Crippen MR) is 60.9 cm³/mol. The van der Waals surface area contributed by atoms with E-state index in [2.05, 4.69) is 0 Å². The average molecular weight is 252 g/mol. The first-order valence-corrected chi connectivity index (χ1v) is 3.94. The summed E-state index contributed by atoms with van der Waals surface area (Å²) in [5, 5.41) is 59.0. The second-order valence-electron chi connectivity index (χ2n) is 1.02. The molecule has 0 aliphatic rings. The molecule has 0 unspecified atom stereocenters. The number of aliphatic hydroxyl groups excluding tert-OH is 8. The summed E-state index contributed by atoms with van der Waals surface area (Å²) >= 11 is 0. The molecule has 0 bridgehead atoms. The van der Waals surface area contributed by atoms with Gasteiger partial charge in [-0.15, -0.1) is 0 Å². The van der Waals surface area contributed by atoms with Crippen LogP contribution in [0, 0.1) is 0 Å². The maximum absolute atomic E-state index is 8.17. The normalized spacial score (nSPS) is 5.62. The minimum atomic E-state index is -0.954. The topological polar surface area (TPSA) is 162 Å². The molecule has 0 spiro atoms. The summed E-state index contributed by atoms with van der Waals surface area (Å²) in [6.45, 7) is -0.729. The zero-order chi connectivity index (χ0) is 15.0. The van der Waals surface area contributed by atoms with Crippen molar-refractivity contribution in [3.63, 3.8) is 0 Å². The van der Waals surface area contributed by atoms with E-state index in [-0.39, 0.29) is 13.2 Å². The molecule has 0 heterocycles. The number of rotatable bonds is 2. The molecule has 0 fully saturated rings. The second kappa shape index (κ2) is 125. The molecule has 0 aromatic heterocycles. The summed E-state index contributed by atoms with van der Waals surface area (Å²) in [4.78, 5) is 0. The molecule has 0 atom stereocenters. The average Bonchev–Trinajstić information content (AvgIpc) is 2.48. The van der Waals surface area contributed by atoms with Crippen molar-refractivity contribution in [2.45, 2.75) is 6.10 Å². The van der Waals surface area contributed by atoms with E-state index in [1.54, 1.807) is 0 Å². The van der Waals surface area contributed by atoms with Crippen LogP contribution in [0.3, 0.4) is 0 Å². The molecule has 0 radical (unpaired) electrons. The lowest BCUT2D eigenvalue weighted by Crippen LogP contribution is -2.15. The Balaban J connectivity index is -0.0000000214. The summed E-state index contributed by atoms with van der Waals surface area (Å²) in [6, 6.07) is 0. The Bertz CT molecular complexity index is 35.2. The molecular formula is C8H28O8. The summed E-state index contributed by atoms with van der Waals surface area (Å²) in [5.41, 5.74) is 0. The zero-order valence-electron chi connectivity index (χ0n) is 10.6. The Kier molecular flexibility index (Phi) is 283. The highest BCUT2D eigenvalue weighted by Crippen LogP contribution is 1.71. The number of hydrogen-bond donors (Lipinski definition) is 8.